The molecule has 8 nitrogen and oxygen atoms in total. The summed E-state index contributed by atoms with van der Waals surface area (Å²) >= 11 is 1.17. The van der Waals surface area contributed by atoms with Crippen molar-refractivity contribution in [3.63, 3.8) is 0 Å². The second kappa shape index (κ2) is 6.16. The Labute approximate surface area is 138 Å². The lowest BCUT2D eigenvalue weighted by Gasteiger charge is -2.03. The van der Waals surface area contributed by atoms with Gasteiger partial charge < -0.3 is 0 Å². The third-order valence-corrected chi connectivity index (χ3v) is 3.88. The molecule has 0 saturated carbocycles. The van der Waals surface area contributed by atoms with E-state index in [1.54, 1.807) is 29.5 Å². The molecule has 122 valence electrons. The van der Waals surface area contributed by atoms with Crippen LogP contribution in [0.5, 0.6) is 0 Å². The number of aromatic nitrogens is 3. The molecule has 3 rings (SSSR count). The Morgan fingerprint density at radius 2 is 2.25 bits per heavy atom. The third kappa shape index (κ3) is 3.13. The molecule has 0 bridgehead atoms. The largest absolute Gasteiger partial charge is 0.298 e. The smallest absolute Gasteiger partial charge is 0.285 e. The number of nitro benzene ring substituents is 1. The molecule has 0 aliphatic heterocycles. The predicted molar refractivity (Wildman–Crippen MR) is 85.3 cm³/mol. The maximum atomic E-state index is 13.1. The number of hydrogen-bond acceptors (Lipinski definition) is 6. The molecule has 0 saturated heterocycles. The number of nitro groups is 1. The molecule has 0 atom stereocenters. The van der Waals surface area contributed by atoms with Gasteiger partial charge in [-0.1, -0.05) is 0 Å². The van der Waals surface area contributed by atoms with Gasteiger partial charge in [-0.15, -0.1) is 11.3 Å². The number of nitrogens with zero attached hydrogens (tertiary/aromatic N) is 4. The Morgan fingerprint density at radius 1 is 1.46 bits per heavy atom. The summed E-state index contributed by atoms with van der Waals surface area (Å²) in [4.78, 5) is 26.6. The summed E-state index contributed by atoms with van der Waals surface area (Å²) in [5.41, 5.74) is 0.565. The van der Waals surface area contributed by atoms with E-state index >= 15 is 0 Å². The number of halogens is 1. The number of carbonyl (C=O) groups is 1. The van der Waals surface area contributed by atoms with E-state index < -0.39 is 22.3 Å². The molecule has 0 fully saturated rings. The van der Waals surface area contributed by atoms with Crippen LogP contribution in [0.4, 0.5) is 15.2 Å². The van der Waals surface area contributed by atoms with Crippen LogP contribution in [-0.2, 0) is 7.05 Å². The van der Waals surface area contributed by atoms with Gasteiger partial charge in [0.15, 0.2) is 5.13 Å². The van der Waals surface area contributed by atoms with Crippen molar-refractivity contribution in [2.45, 2.75) is 0 Å². The monoisotopic (exact) mass is 347 g/mol. The molecular formula is C14H10FN5O3S. The van der Waals surface area contributed by atoms with Crippen LogP contribution in [0.1, 0.15) is 10.4 Å². The van der Waals surface area contributed by atoms with E-state index in [-0.39, 0.29) is 10.7 Å². The highest BCUT2D eigenvalue weighted by Crippen LogP contribution is 2.26. The van der Waals surface area contributed by atoms with Crippen LogP contribution >= 0.6 is 11.3 Å². The number of thiazole rings is 1. The van der Waals surface area contributed by atoms with Gasteiger partial charge in [-0.05, 0) is 12.1 Å². The number of carbonyl (C=O) groups excluding carboxylic acids is 1. The third-order valence-electron chi connectivity index (χ3n) is 3.13. The molecule has 1 N–H and O–H groups in total. The molecule has 2 aromatic heterocycles. The lowest BCUT2D eigenvalue weighted by Crippen LogP contribution is -2.14. The zero-order valence-corrected chi connectivity index (χ0v) is 13.1. The number of nitrogens with one attached hydrogen (secondary N) is 1. The van der Waals surface area contributed by atoms with Gasteiger partial charge in [-0.25, -0.2) is 9.37 Å². The normalized spacial score (nSPS) is 10.6. The summed E-state index contributed by atoms with van der Waals surface area (Å²) in [5, 5.41) is 19.5. The van der Waals surface area contributed by atoms with Gasteiger partial charge in [0.05, 0.1) is 22.9 Å². The fourth-order valence-electron chi connectivity index (χ4n) is 2.03. The standard InChI is InChI=1S/C14H10FN5O3S/c1-19-6-8(5-16-19)11-7-24-14(17-11)18-13(21)10-3-2-9(15)4-12(10)20(22)23/h2-7H,1H3,(H,17,18,21). The van der Waals surface area contributed by atoms with Gasteiger partial charge in [-0.2, -0.15) is 5.10 Å². The van der Waals surface area contributed by atoms with Gasteiger partial charge in [0.2, 0.25) is 0 Å². The average Bonchev–Trinajstić information content (AvgIpc) is 3.16. The Morgan fingerprint density at radius 3 is 2.92 bits per heavy atom. The molecule has 1 amide bonds. The Kier molecular flexibility index (Phi) is 4.04. The second-order valence-electron chi connectivity index (χ2n) is 4.81. The van der Waals surface area contributed by atoms with E-state index in [4.69, 9.17) is 0 Å². The second-order valence-corrected chi connectivity index (χ2v) is 5.67. The highest BCUT2D eigenvalue weighted by atomic mass is 32.1. The maximum absolute atomic E-state index is 13.1. The van der Waals surface area contributed by atoms with Crippen molar-refractivity contribution in [2.75, 3.05) is 5.32 Å². The summed E-state index contributed by atoms with van der Waals surface area (Å²) in [5.74, 6) is -1.51. The van der Waals surface area contributed by atoms with E-state index in [9.17, 15) is 19.3 Å². The number of amides is 1. The van der Waals surface area contributed by atoms with E-state index in [1.165, 1.54) is 11.3 Å². The summed E-state index contributed by atoms with van der Waals surface area (Å²) in [7, 11) is 1.77. The van der Waals surface area contributed by atoms with Crippen LogP contribution in [0.3, 0.4) is 0 Å². The molecule has 0 spiro atoms. The number of rotatable bonds is 4. The molecule has 1 aromatic carbocycles. The van der Waals surface area contributed by atoms with E-state index in [0.29, 0.717) is 11.8 Å². The molecule has 0 aliphatic carbocycles. The predicted octanol–water partition coefficient (Wildman–Crippen LogP) is 2.84. The summed E-state index contributed by atoms with van der Waals surface area (Å²) in [6.07, 6.45) is 3.40. The maximum Gasteiger partial charge on any atom is 0.285 e. The zero-order valence-electron chi connectivity index (χ0n) is 12.3. The zero-order chi connectivity index (χ0) is 17.3. The van der Waals surface area contributed by atoms with Crippen molar-refractivity contribution in [1.29, 1.82) is 0 Å². The van der Waals surface area contributed by atoms with Crippen molar-refractivity contribution in [3.05, 3.63) is 57.5 Å². The van der Waals surface area contributed by atoms with Gasteiger partial charge in [0.1, 0.15) is 11.4 Å². The molecular weight excluding hydrogens is 337 g/mol. The van der Waals surface area contributed by atoms with Crippen molar-refractivity contribution in [3.8, 4) is 11.3 Å². The van der Waals surface area contributed by atoms with E-state index in [2.05, 4.69) is 15.4 Å². The SMILES string of the molecule is Cn1cc(-c2csc(NC(=O)c3ccc(F)cc3[N+](=O)[O-])n2)cn1. The minimum absolute atomic E-state index is 0.237. The summed E-state index contributed by atoms with van der Waals surface area (Å²) in [6.45, 7) is 0. The quantitative estimate of drug-likeness (QED) is 0.577. The van der Waals surface area contributed by atoms with Gasteiger partial charge in [0, 0.05) is 24.2 Å². The number of hydrogen-bond donors (Lipinski definition) is 1. The first kappa shape index (κ1) is 15.7. The summed E-state index contributed by atoms with van der Waals surface area (Å²) in [6, 6.07) is 2.76. The Hall–Kier alpha value is -3.14. The minimum atomic E-state index is -0.805. The van der Waals surface area contributed by atoms with E-state index in [0.717, 1.165) is 17.7 Å². The van der Waals surface area contributed by atoms with Crippen LogP contribution in [0.2, 0.25) is 0 Å². The minimum Gasteiger partial charge on any atom is -0.298 e. The molecule has 24 heavy (non-hydrogen) atoms. The topological polar surface area (TPSA) is 103 Å². The van der Waals surface area contributed by atoms with Crippen LogP contribution in [0, 0.1) is 15.9 Å². The van der Waals surface area contributed by atoms with Gasteiger partial charge in [0.25, 0.3) is 11.6 Å². The molecule has 10 heteroatoms. The lowest BCUT2D eigenvalue weighted by molar-refractivity contribution is -0.385. The van der Waals surface area contributed by atoms with Crippen LogP contribution in [0.25, 0.3) is 11.3 Å². The number of anilines is 1. The average molecular weight is 347 g/mol. The van der Waals surface area contributed by atoms with E-state index in [1.807, 2.05) is 0 Å². The molecule has 0 radical (unpaired) electrons. The van der Waals surface area contributed by atoms with Gasteiger partial charge >= 0.3 is 0 Å². The molecule has 3 aromatic rings. The van der Waals surface area contributed by atoms with Crippen LogP contribution < -0.4 is 5.32 Å². The fourth-order valence-corrected chi connectivity index (χ4v) is 2.74. The Bertz CT molecular complexity index is 936. The lowest BCUT2D eigenvalue weighted by atomic mass is 10.1. The fraction of sp³-hybridized carbons (Fsp3) is 0.0714. The van der Waals surface area contributed by atoms with Crippen molar-refractivity contribution < 1.29 is 14.1 Å². The highest BCUT2D eigenvalue weighted by molar-refractivity contribution is 7.14. The van der Waals surface area contributed by atoms with Crippen molar-refractivity contribution >= 4 is 28.1 Å². The molecule has 0 aliphatic rings. The highest BCUT2D eigenvalue weighted by Gasteiger charge is 2.22. The first-order valence-electron chi connectivity index (χ1n) is 6.64. The van der Waals surface area contributed by atoms with Gasteiger partial charge in [-0.3, -0.25) is 24.9 Å². The number of aryl methyl sites for hydroxylation is 1. The Balaban J connectivity index is 1.83. The van der Waals surface area contributed by atoms with Crippen LogP contribution in [0.15, 0.2) is 36.0 Å². The van der Waals surface area contributed by atoms with Crippen molar-refractivity contribution in [1.82, 2.24) is 14.8 Å². The van der Waals surface area contributed by atoms with Crippen molar-refractivity contribution in [2.24, 2.45) is 7.05 Å². The van der Waals surface area contributed by atoms with Crippen LogP contribution in [-0.4, -0.2) is 25.6 Å². The molecule has 2 heterocycles. The molecule has 0 unspecified atom stereocenters. The number of benzene rings is 1. The summed E-state index contributed by atoms with van der Waals surface area (Å²) < 4.78 is 14.8. The first-order chi connectivity index (χ1) is 11.4. The first-order valence-corrected chi connectivity index (χ1v) is 7.52.